The Labute approximate surface area is 76.7 Å². The minimum absolute atomic E-state index is 0.421. The third kappa shape index (κ3) is 1.43. The van der Waals surface area contributed by atoms with Crippen molar-refractivity contribution in [2.24, 2.45) is 0 Å². The largest absolute Gasteiger partial charge is 0.858 e. The van der Waals surface area contributed by atoms with Gasteiger partial charge in [-0.25, -0.2) is 0 Å². The number of aryl methyl sites for hydroxylation is 1. The van der Waals surface area contributed by atoms with E-state index in [1.165, 1.54) is 12.8 Å². The Morgan fingerprint density at radius 2 is 2.46 bits per heavy atom. The van der Waals surface area contributed by atoms with Crippen LogP contribution in [0.1, 0.15) is 37.1 Å². The molecule has 1 aromatic heterocycles. The molecule has 0 unspecified atom stereocenters. The van der Waals surface area contributed by atoms with Gasteiger partial charge < -0.3 is 10.5 Å². The average molecular weight is 178 g/mol. The second kappa shape index (κ2) is 2.87. The Hall–Kier alpha value is -1.32. The monoisotopic (exact) mass is 178 g/mol. The summed E-state index contributed by atoms with van der Waals surface area (Å²) in [4.78, 5) is 0. The van der Waals surface area contributed by atoms with E-state index in [0.717, 1.165) is 5.69 Å². The molecule has 0 atom stereocenters. The summed E-state index contributed by atoms with van der Waals surface area (Å²) < 4.78 is 1.61. The van der Waals surface area contributed by atoms with Crippen molar-refractivity contribution in [3.05, 3.63) is 17.5 Å². The van der Waals surface area contributed by atoms with E-state index in [1.807, 2.05) is 6.92 Å². The highest BCUT2D eigenvalue weighted by molar-refractivity contribution is 5.86. The summed E-state index contributed by atoms with van der Waals surface area (Å²) in [7, 11) is 0. The molecular formula is C9H12N3O-. The molecule has 0 amide bonds. The summed E-state index contributed by atoms with van der Waals surface area (Å²) in [6.07, 6.45) is 2.35. The molecular weight excluding hydrogens is 166 g/mol. The van der Waals surface area contributed by atoms with E-state index in [0.29, 0.717) is 18.2 Å². The molecule has 70 valence electrons. The third-order valence-electron chi connectivity index (χ3n) is 2.33. The SMILES string of the molecule is CCn1nc(C2CC2)cc1C(=N)[O-]. The van der Waals surface area contributed by atoms with Crippen LogP contribution in [0.15, 0.2) is 6.07 Å². The van der Waals surface area contributed by atoms with Crippen LogP contribution in [0, 0.1) is 5.41 Å². The van der Waals surface area contributed by atoms with Gasteiger partial charge in [0.05, 0.1) is 11.4 Å². The van der Waals surface area contributed by atoms with Crippen molar-refractivity contribution in [1.82, 2.24) is 9.78 Å². The second-order valence-corrected chi connectivity index (χ2v) is 3.37. The van der Waals surface area contributed by atoms with Gasteiger partial charge in [0.15, 0.2) is 0 Å². The van der Waals surface area contributed by atoms with E-state index in [4.69, 9.17) is 5.41 Å². The predicted molar refractivity (Wildman–Crippen MR) is 46.7 cm³/mol. The normalized spacial score (nSPS) is 16.1. The lowest BCUT2D eigenvalue weighted by molar-refractivity contribution is -0.215. The number of hydrogen-bond donors (Lipinski definition) is 1. The van der Waals surface area contributed by atoms with Crippen molar-refractivity contribution in [2.75, 3.05) is 0 Å². The zero-order valence-electron chi connectivity index (χ0n) is 7.58. The van der Waals surface area contributed by atoms with E-state index in [2.05, 4.69) is 5.10 Å². The average Bonchev–Trinajstić information content (AvgIpc) is 2.84. The van der Waals surface area contributed by atoms with Gasteiger partial charge in [-0.1, -0.05) is 0 Å². The first-order valence-corrected chi connectivity index (χ1v) is 4.56. The minimum atomic E-state index is -0.638. The van der Waals surface area contributed by atoms with E-state index < -0.39 is 5.90 Å². The quantitative estimate of drug-likeness (QED) is 0.540. The fraction of sp³-hybridized carbons (Fsp3) is 0.556. The Bertz CT molecular complexity index is 339. The Balaban J connectivity index is 2.36. The van der Waals surface area contributed by atoms with E-state index in [-0.39, 0.29) is 0 Å². The highest BCUT2D eigenvalue weighted by Gasteiger charge is 2.26. The fourth-order valence-electron chi connectivity index (χ4n) is 1.44. The second-order valence-electron chi connectivity index (χ2n) is 3.37. The van der Waals surface area contributed by atoms with Crippen LogP contribution < -0.4 is 5.11 Å². The van der Waals surface area contributed by atoms with E-state index in [9.17, 15) is 5.11 Å². The first-order chi connectivity index (χ1) is 6.22. The Morgan fingerprint density at radius 3 is 2.85 bits per heavy atom. The molecule has 1 aliphatic rings. The third-order valence-corrected chi connectivity index (χ3v) is 2.33. The summed E-state index contributed by atoms with van der Waals surface area (Å²) in [5, 5.41) is 22.2. The fourth-order valence-corrected chi connectivity index (χ4v) is 1.44. The molecule has 13 heavy (non-hydrogen) atoms. The summed E-state index contributed by atoms with van der Waals surface area (Å²) in [6, 6.07) is 1.76. The summed E-state index contributed by atoms with van der Waals surface area (Å²) >= 11 is 0. The van der Waals surface area contributed by atoms with Crippen LogP contribution >= 0.6 is 0 Å². The van der Waals surface area contributed by atoms with Crippen molar-refractivity contribution < 1.29 is 5.11 Å². The van der Waals surface area contributed by atoms with E-state index >= 15 is 0 Å². The highest BCUT2D eigenvalue weighted by atomic mass is 16.3. The van der Waals surface area contributed by atoms with Gasteiger partial charge in [0.2, 0.25) is 0 Å². The number of nitrogens with one attached hydrogen (secondary N) is 1. The molecule has 1 aliphatic carbocycles. The topological polar surface area (TPSA) is 64.7 Å². The first-order valence-electron chi connectivity index (χ1n) is 4.56. The lowest BCUT2D eigenvalue weighted by Gasteiger charge is -2.07. The molecule has 1 aromatic rings. The number of rotatable bonds is 3. The lowest BCUT2D eigenvalue weighted by Crippen LogP contribution is -2.21. The van der Waals surface area contributed by atoms with Gasteiger partial charge in [-0.15, -0.1) is 0 Å². The maximum Gasteiger partial charge on any atom is 0.0713 e. The predicted octanol–water partition coefficient (Wildman–Crippen LogP) is 0.466. The maximum absolute atomic E-state index is 10.9. The summed E-state index contributed by atoms with van der Waals surface area (Å²) in [5.74, 6) is -0.0906. The van der Waals surface area contributed by atoms with Crippen LogP contribution in [0.25, 0.3) is 0 Å². The van der Waals surface area contributed by atoms with Crippen molar-refractivity contribution in [3.8, 4) is 0 Å². The molecule has 1 fully saturated rings. The van der Waals surface area contributed by atoms with Gasteiger partial charge in [0, 0.05) is 18.4 Å². The maximum atomic E-state index is 10.9. The van der Waals surface area contributed by atoms with Crippen LogP contribution in [-0.2, 0) is 6.54 Å². The van der Waals surface area contributed by atoms with Gasteiger partial charge in [-0.3, -0.25) is 4.68 Å². The zero-order valence-corrected chi connectivity index (χ0v) is 7.58. The molecule has 1 saturated carbocycles. The molecule has 0 aliphatic heterocycles. The van der Waals surface area contributed by atoms with E-state index in [1.54, 1.807) is 10.7 Å². The molecule has 0 radical (unpaired) electrons. The van der Waals surface area contributed by atoms with Crippen LogP contribution in [0.3, 0.4) is 0 Å². The summed E-state index contributed by atoms with van der Waals surface area (Å²) in [6.45, 7) is 2.59. The van der Waals surface area contributed by atoms with Crippen molar-refractivity contribution in [2.45, 2.75) is 32.2 Å². The van der Waals surface area contributed by atoms with Gasteiger partial charge in [0.25, 0.3) is 0 Å². The molecule has 0 spiro atoms. The molecule has 4 heteroatoms. The van der Waals surface area contributed by atoms with Crippen LogP contribution in [0.2, 0.25) is 0 Å². The number of aromatic nitrogens is 2. The first kappa shape index (κ1) is 8.29. The smallest absolute Gasteiger partial charge is 0.0713 e. The van der Waals surface area contributed by atoms with Crippen LogP contribution in [0.5, 0.6) is 0 Å². The zero-order chi connectivity index (χ0) is 9.42. The van der Waals surface area contributed by atoms with Gasteiger partial charge in [-0.2, -0.15) is 5.10 Å². The molecule has 1 N–H and O–H groups in total. The van der Waals surface area contributed by atoms with Crippen LogP contribution in [-0.4, -0.2) is 15.7 Å². The van der Waals surface area contributed by atoms with Crippen molar-refractivity contribution in [1.29, 1.82) is 5.41 Å². The minimum Gasteiger partial charge on any atom is -0.858 e. The molecule has 0 aromatic carbocycles. The van der Waals surface area contributed by atoms with Crippen molar-refractivity contribution >= 4 is 5.90 Å². The number of nitrogens with zero attached hydrogens (tertiary/aromatic N) is 2. The summed E-state index contributed by atoms with van der Waals surface area (Å²) in [5.41, 5.74) is 1.40. The number of hydrogen-bond acceptors (Lipinski definition) is 3. The van der Waals surface area contributed by atoms with Gasteiger partial charge >= 0.3 is 0 Å². The molecule has 4 nitrogen and oxygen atoms in total. The Morgan fingerprint density at radius 1 is 1.77 bits per heavy atom. The Kier molecular flexibility index (Phi) is 1.83. The standard InChI is InChI=1S/C9H13N3O/c1-2-12-8(9(10)13)5-7(11-12)6-3-4-6/h5-6H,2-4H2,1H3,(H2,10,13)/p-1. The van der Waals surface area contributed by atoms with Crippen LogP contribution in [0.4, 0.5) is 0 Å². The molecule has 1 heterocycles. The van der Waals surface area contributed by atoms with Gasteiger partial charge in [-0.05, 0) is 25.8 Å². The molecule has 0 saturated heterocycles. The van der Waals surface area contributed by atoms with Crippen molar-refractivity contribution in [3.63, 3.8) is 0 Å². The van der Waals surface area contributed by atoms with Gasteiger partial charge in [0.1, 0.15) is 0 Å². The lowest BCUT2D eigenvalue weighted by atomic mass is 10.2. The highest BCUT2D eigenvalue weighted by Crippen LogP contribution is 2.39. The molecule has 2 rings (SSSR count). The molecule has 0 bridgehead atoms.